The number of carbonyl (C=O) groups excluding carboxylic acids is 2. The molecule has 1 atom stereocenters. The number of sulfonamides is 1. The molecule has 0 aliphatic carbocycles. The lowest BCUT2D eigenvalue weighted by atomic mass is 10.2. The number of rotatable bonds is 6. The third kappa shape index (κ3) is 4.87. The van der Waals surface area contributed by atoms with Crippen molar-refractivity contribution in [2.24, 2.45) is 0 Å². The van der Waals surface area contributed by atoms with Crippen LogP contribution in [0, 0.1) is 17.5 Å². The number of benzene rings is 2. The van der Waals surface area contributed by atoms with Crippen LogP contribution in [0.4, 0.5) is 18.9 Å². The van der Waals surface area contributed by atoms with Gasteiger partial charge in [0.05, 0.1) is 16.1 Å². The minimum Gasteiger partial charge on any atom is -0.449 e. The molecule has 0 saturated carbocycles. The van der Waals surface area contributed by atoms with Crippen LogP contribution in [0.3, 0.4) is 0 Å². The summed E-state index contributed by atoms with van der Waals surface area (Å²) in [6, 6.07) is 4.83. The third-order valence-electron chi connectivity index (χ3n) is 3.58. The summed E-state index contributed by atoms with van der Waals surface area (Å²) in [5.41, 5.74) is -1.19. The molecule has 2 N–H and O–H groups in total. The molecular weight excluding hydrogens is 401 g/mol. The van der Waals surface area contributed by atoms with Crippen molar-refractivity contribution in [2.45, 2.75) is 17.9 Å². The van der Waals surface area contributed by atoms with Crippen molar-refractivity contribution >= 4 is 27.6 Å². The number of ether oxygens (including phenoxy) is 1. The van der Waals surface area contributed by atoms with Gasteiger partial charge in [0.2, 0.25) is 10.0 Å². The number of halogens is 3. The first-order valence-corrected chi connectivity index (χ1v) is 9.23. The lowest BCUT2D eigenvalue weighted by Crippen LogP contribution is -2.30. The summed E-state index contributed by atoms with van der Waals surface area (Å²) in [6.45, 7) is 1.12. The molecule has 0 spiro atoms. The Hall–Kier alpha value is -2.92. The molecule has 0 bridgehead atoms. The highest BCUT2D eigenvalue weighted by Crippen LogP contribution is 2.18. The zero-order valence-electron chi connectivity index (χ0n) is 14.6. The molecule has 1 amide bonds. The van der Waals surface area contributed by atoms with Crippen LogP contribution in [0.25, 0.3) is 0 Å². The van der Waals surface area contributed by atoms with E-state index in [4.69, 9.17) is 4.74 Å². The van der Waals surface area contributed by atoms with Gasteiger partial charge in [0, 0.05) is 6.07 Å². The summed E-state index contributed by atoms with van der Waals surface area (Å²) in [7, 11) is -2.81. The van der Waals surface area contributed by atoms with Crippen LogP contribution in [0.5, 0.6) is 0 Å². The van der Waals surface area contributed by atoms with Crippen molar-refractivity contribution in [3.63, 3.8) is 0 Å². The Morgan fingerprint density at radius 1 is 1.04 bits per heavy atom. The Morgan fingerprint density at radius 3 is 2.32 bits per heavy atom. The fourth-order valence-corrected chi connectivity index (χ4v) is 2.81. The van der Waals surface area contributed by atoms with Gasteiger partial charge in [-0.15, -0.1) is 0 Å². The van der Waals surface area contributed by atoms with Gasteiger partial charge < -0.3 is 10.1 Å². The fourth-order valence-electron chi connectivity index (χ4n) is 2.05. The molecule has 0 saturated heterocycles. The van der Waals surface area contributed by atoms with Gasteiger partial charge in [-0.25, -0.2) is 31.1 Å². The van der Waals surface area contributed by atoms with Gasteiger partial charge in [-0.1, -0.05) is 0 Å². The van der Waals surface area contributed by atoms with E-state index in [0.717, 1.165) is 50.4 Å². The molecule has 150 valence electrons. The molecule has 28 heavy (non-hydrogen) atoms. The lowest BCUT2D eigenvalue weighted by molar-refractivity contribution is -0.123. The summed E-state index contributed by atoms with van der Waals surface area (Å²) >= 11 is 0. The summed E-state index contributed by atoms with van der Waals surface area (Å²) in [6.07, 6.45) is -1.51. The highest BCUT2D eigenvalue weighted by atomic mass is 32.2. The van der Waals surface area contributed by atoms with Crippen molar-refractivity contribution in [1.29, 1.82) is 0 Å². The van der Waals surface area contributed by atoms with Crippen LogP contribution in [-0.4, -0.2) is 33.4 Å². The summed E-state index contributed by atoms with van der Waals surface area (Å²) in [5.74, 6) is -5.09. The molecule has 0 aliphatic heterocycles. The molecule has 0 radical (unpaired) electrons. The Bertz CT molecular complexity index is 1030. The van der Waals surface area contributed by atoms with E-state index in [9.17, 15) is 31.2 Å². The molecule has 1 unspecified atom stereocenters. The van der Waals surface area contributed by atoms with Crippen LogP contribution >= 0.6 is 0 Å². The van der Waals surface area contributed by atoms with E-state index < -0.39 is 56.7 Å². The highest BCUT2D eigenvalue weighted by Gasteiger charge is 2.24. The zero-order chi connectivity index (χ0) is 21.1. The van der Waals surface area contributed by atoms with Crippen LogP contribution < -0.4 is 10.0 Å². The standard InChI is InChI=1S/C17H15F3N2O5S/c1-9(16(23)22-15-7-10(18)3-5-14(15)20)27-17(24)12-8-11(4-6-13(12)19)28(25,26)21-2/h3-9,21H,1-2H3,(H,22,23). The largest absolute Gasteiger partial charge is 0.449 e. The minimum absolute atomic E-state index is 0.387. The van der Waals surface area contributed by atoms with Gasteiger partial charge in [0.1, 0.15) is 17.5 Å². The predicted octanol–water partition coefficient (Wildman–Crippen LogP) is 2.20. The molecule has 0 aromatic heterocycles. The first kappa shape index (κ1) is 21.4. The van der Waals surface area contributed by atoms with E-state index in [1.807, 2.05) is 10.0 Å². The van der Waals surface area contributed by atoms with Crippen LogP contribution in [-0.2, 0) is 19.6 Å². The van der Waals surface area contributed by atoms with E-state index in [2.05, 4.69) is 0 Å². The Balaban J connectivity index is 2.17. The van der Waals surface area contributed by atoms with Crippen LogP contribution in [0.2, 0.25) is 0 Å². The van der Waals surface area contributed by atoms with E-state index >= 15 is 0 Å². The van der Waals surface area contributed by atoms with Crippen LogP contribution in [0.15, 0.2) is 41.3 Å². The highest BCUT2D eigenvalue weighted by molar-refractivity contribution is 7.89. The topological polar surface area (TPSA) is 102 Å². The molecule has 11 heteroatoms. The number of nitrogens with one attached hydrogen (secondary N) is 2. The molecule has 2 aromatic rings. The maximum absolute atomic E-state index is 13.9. The average molecular weight is 416 g/mol. The second-order valence-electron chi connectivity index (χ2n) is 5.51. The van der Waals surface area contributed by atoms with E-state index in [0.29, 0.717) is 0 Å². The Labute approximate surface area is 158 Å². The smallest absolute Gasteiger partial charge is 0.341 e. The Kier molecular flexibility index (Phi) is 6.41. The molecule has 0 heterocycles. The van der Waals surface area contributed by atoms with Gasteiger partial charge in [-0.2, -0.15) is 0 Å². The van der Waals surface area contributed by atoms with Gasteiger partial charge in [-0.3, -0.25) is 4.79 Å². The maximum atomic E-state index is 13.9. The number of carbonyl (C=O) groups is 2. The van der Waals surface area contributed by atoms with Crippen molar-refractivity contribution in [3.05, 3.63) is 59.4 Å². The van der Waals surface area contributed by atoms with Gasteiger partial charge in [-0.05, 0) is 44.3 Å². The van der Waals surface area contributed by atoms with Crippen molar-refractivity contribution in [2.75, 3.05) is 12.4 Å². The second-order valence-corrected chi connectivity index (χ2v) is 7.40. The fraction of sp³-hybridized carbons (Fsp3) is 0.176. The van der Waals surface area contributed by atoms with Gasteiger partial charge in [0.15, 0.2) is 6.10 Å². The molecule has 0 aliphatic rings. The van der Waals surface area contributed by atoms with E-state index in [1.165, 1.54) is 0 Å². The first-order valence-electron chi connectivity index (χ1n) is 7.75. The second kappa shape index (κ2) is 8.40. The van der Waals surface area contributed by atoms with Crippen molar-refractivity contribution in [1.82, 2.24) is 4.72 Å². The minimum atomic E-state index is -3.95. The van der Waals surface area contributed by atoms with E-state index in [1.54, 1.807) is 0 Å². The quantitative estimate of drug-likeness (QED) is 0.703. The number of hydrogen-bond acceptors (Lipinski definition) is 5. The number of esters is 1. The number of amides is 1. The number of hydrogen-bond donors (Lipinski definition) is 2. The molecule has 0 fully saturated rings. The van der Waals surface area contributed by atoms with E-state index in [-0.39, 0.29) is 4.90 Å². The normalized spacial score (nSPS) is 12.3. The number of anilines is 1. The Morgan fingerprint density at radius 2 is 1.68 bits per heavy atom. The summed E-state index contributed by atoms with van der Waals surface area (Å²) < 4.78 is 70.9. The maximum Gasteiger partial charge on any atom is 0.341 e. The first-order chi connectivity index (χ1) is 13.0. The average Bonchev–Trinajstić information content (AvgIpc) is 2.64. The van der Waals surface area contributed by atoms with Crippen LogP contribution in [0.1, 0.15) is 17.3 Å². The zero-order valence-corrected chi connectivity index (χ0v) is 15.4. The summed E-state index contributed by atoms with van der Waals surface area (Å²) in [5, 5.41) is 2.04. The summed E-state index contributed by atoms with van der Waals surface area (Å²) in [4.78, 5) is 23.8. The van der Waals surface area contributed by atoms with Gasteiger partial charge >= 0.3 is 5.97 Å². The lowest BCUT2D eigenvalue weighted by Gasteiger charge is -2.14. The molecule has 7 nitrogen and oxygen atoms in total. The SMILES string of the molecule is CNS(=O)(=O)c1ccc(F)c(C(=O)OC(C)C(=O)Nc2cc(F)ccc2F)c1. The molecule has 2 rings (SSSR count). The van der Waals surface area contributed by atoms with Crippen molar-refractivity contribution < 1.29 is 35.9 Å². The third-order valence-corrected chi connectivity index (χ3v) is 4.99. The van der Waals surface area contributed by atoms with Gasteiger partial charge in [0.25, 0.3) is 5.91 Å². The molecular formula is C17H15F3N2O5S. The molecule has 2 aromatic carbocycles. The predicted molar refractivity (Wildman–Crippen MR) is 92.5 cm³/mol. The monoisotopic (exact) mass is 416 g/mol. The van der Waals surface area contributed by atoms with Crippen molar-refractivity contribution in [3.8, 4) is 0 Å².